The van der Waals surface area contributed by atoms with E-state index < -0.39 is 12.1 Å². The fourth-order valence-electron chi connectivity index (χ4n) is 5.58. The third-order valence-corrected chi connectivity index (χ3v) is 8.80. The van der Waals surface area contributed by atoms with E-state index in [2.05, 4.69) is 129 Å². The monoisotopic (exact) mass is 718 g/mol. The third-order valence-electron chi connectivity index (χ3n) is 8.80. The van der Waals surface area contributed by atoms with Crippen molar-refractivity contribution >= 4 is 5.91 Å². The van der Waals surface area contributed by atoms with Crippen LogP contribution in [0.25, 0.3) is 0 Å². The zero-order valence-electron chi connectivity index (χ0n) is 33.5. The van der Waals surface area contributed by atoms with Gasteiger partial charge in [-0.25, -0.2) is 0 Å². The summed E-state index contributed by atoms with van der Waals surface area (Å²) in [4.78, 5) is 12.2. The highest BCUT2D eigenvalue weighted by atomic mass is 16.3. The van der Waals surface area contributed by atoms with Gasteiger partial charge in [0.2, 0.25) is 5.91 Å². The lowest BCUT2D eigenvalue weighted by molar-refractivity contribution is -0.123. The highest BCUT2D eigenvalue weighted by molar-refractivity contribution is 5.76. The predicted molar refractivity (Wildman–Crippen MR) is 229 cm³/mol. The van der Waals surface area contributed by atoms with E-state index in [0.29, 0.717) is 12.8 Å². The number of allylic oxidation sites excluding steroid dienone is 18. The molecule has 2 unspecified atom stereocenters. The van der Waals surface area contributed by atoms with Gasteiger partial charge in [0, 0.05) is 6.42 Å². The molecule has 0 spiro atoms. The number of amides is 1. The van der Waals surface area contributed by atoms with Crippen molar-refractivity contribution in [3.05, 3.63) is 109 Å². The van der Waals surface area contributed by atoms with Crippen molar-refractivity contribution in [2.45, 2.75) is 180 Å². The number of hydrogen-bond acceptors (Lipinski definition) is 3. The highest BCUT2D eigenvalue weighted by Crippen LogP contribution is 2.12. The summed E-state index contributed by atoms with van der Waals surface area (Å²) in [6.45, 7) is 4.07. The number of hydrogen-bond donors (Lipinski definition) is 3. The van der Waals surface area contributed by atoms with E-state index >= 15 is 0 Å². The first-order valence-corrected chi connectivity index (χ1v) is 21.1. The summed E-state index contributed by atoms with van der Waals surface area (Å²) in [5.41, 5.74) is 0. The molecule has 0 radical (unpaired) electrons. The topological polar surface area (TPSA) is 69.6 Å². The summed E-state index contributed by atoms with van der Waals surface area (Å²) in [5, 5.41) is 22.5. The molecule has 0 rings (SSSR count). The van der Waals surface area contributed by atoms with Crippen molar-refractivity contribution < 1.29 is 15.0 Å². The van der Waals surface area contributed by atoms with Crippen molar-refractivity contribution in [3.63, 3.8) is 0 Å². The van der Waals surface area contributed by atoms with Gasteiger partial charge in [0.1, 0.15) is 0 Å². The molecule has 0 bridgehead atoms. The zero-order valence-corrected chi connectivity index (χ0v) is 33.5. The number of carbonyl (C=O) groups excluding carboxylic acids is 1. The van der Waals surface area contributed by atoms with Crippen LogP contribution in [0.5, 0.6) is 0 Å². The minimum absolute atomic E-state index is 0.0563. The molecule has 0 saturated carbocycles. The number of nitrogens with one attached hydrogen (secondary N) is 1. The Labute approximate surface area is 321 Å². The van der Waals surface area contributed by atoms with E-state index in [1.165, 1.54) is 51.4 Å². The molecule has 1 amide bonds. The normalized spacial score (nSPS) is 14.2. The Kier molecular flexibility index (Phi) is 40.1. The van der Waals surface area contributed by atoms with Gasteiger partial charge in [-0.2, -0.15) is 0 Å². The fourth-order valence-corrected chi connectivity index (χ4v) is 5.58. The van der Waals surface area contributed by atoms with Crippen molar-refractivity contribution in [2.24, 2.45) is 0 Å². The molecule has 3 N–H and O–H groups in total. The highest BCUT2D eigenvalue weighted by Gasteiger charge is 2.19. The summed E-state index contributed by atoms with van der Waals surface area (Å²) in [6.07, 6.45) is 65.1. The van der Waals surface area contributed by atoms with Crippen LogP contribution in [0, 0.1) is 0 Å². The maximum Gasteiger partial charge on any atom is 0.220 e. The maximum absolute atomic E-state index is 12.2. The Morgan fingerprint density at radius 2 is 0.846 bits per heavy atom. The van der Waals surface area contributed by atoms with Gasteiger partial charge < -0.3 is 15.5 Å². The van der Waals surface area contributed by atoms with E-state index in [0.717, 1.165) is 89.9 Å². The van der Waals surface area contributed by atoms with Crippen LogP contribution in [-0.4, -0.2) is 34.9 Å². The zero-order chi connectivity index (χ0) is 37.8. The molecule has 0 aromatic carbocycles. The third kappa shape index (κ3) is 38.3. The molecular formula is C48H79NO3. The Bertz CT molecular complexity index is 1040. The molecule has 52 heavy (non-hydrogen) atoms. The van der Waals surface area contributed by atoms with E-state index in [-0.39, 0.29) is 12.5 Å². The molecule has 2 atom stereocenters. The van der Waals surface area contributed by atoms with Gasteiger partial charge in [-0.1, -0.05) is 187 Å². The van der Waals surface area contributed by atoms with E-state index in [4.69, 9.17) is 0 Å². The van der Waals surface area contributed by atoms with Crippen LogP contribution in [0.1, 0.15) is 168 Å². The average molecular weight is 718 g/mol. The van der Waals surface area contributed by atoms with Crippen molar-refractivity contribution in [1.82, 2.24) is 5.32 Å². The second kappa shape index (κ2) is 42.5. The molecule has 4 nitrogen and oxygen atoms in total. The van der Waals surface area contributed by atoms with Gasteiger partial charge in [0.25, 0.3) is 0 Å². The Hall–Kier alpha value is -2.95. The number of aliphatic hydroxyl groups is 2. The number of aliphatic hydroxyl groups excluding tert-OH is 2. The molecule has 0 aliphatic carbocycles. The summed E-state index contributed by atoms with van der Waals surface area (Å²) in [7, 11) is 0. The molecule has 4 heteroatoms. The van der Waals surface area contributed by atoms with Crippen LogP contribution in [0.3, 0.4) is 0 Å². The van der Waals surface area contributed by atoms with Gasteiger partial charge >= 0.3 is 0 Å². The second-order valence-electron chi connectivity index (χ2n) is 13.7. The summed E-state index contributed by atoms with van der Waals surface area (Å²) >= 11 is 0. The largest absolute Gasteiger partial charge is 0.394 e. The smallest absolute Gasteiger partial charge is 0.220 e. The van der Waals surface area contributed by atoms with Crippen LogP contribution < -0.4 is 5.32 Å². The lowest BCUT2D eigenvalue weighted by Crippen LogP contribution is -2.45. The lowest BCUT2D eigenvalue weighted by Gasteiger charge is -2.22. The average Bonchev–Trinajstić information content (AvgIpc) is 3.15. The number of unbranched alkanes of at least 4 members (excludes halogenated alkanes) is 11. The van der Waals surface area contributed by atoms with Gasteiger partial charge in [0.15, 0.2) is 0 Å². The molecule has 0 aliphatic heterocycles. The second-order valence-corrected chi connectivity index (χ2v) is 13.7. The van der Waals surface area contributed by atoms with Crippen molar-refractivity contribution in [1.29, 1.82) is 0 Å². The summed E-state index contributed by atoms with van der Waals surface area (Å²) < 4.78 is 0. The van der Waals surface area contributed by atoms with Crippen molar-refractivity contribution in [2.75, 3.05) is 6.61 Å². The first kappa shape index (κ1) is 49.0. The SMILES string of the molecule is CC/C=C\C/C=C\C/C=C\C/C=C\C/C=C\C/C=C\C/C=C\C/C=C\C/C=C\CCCCCCCCCCCC(=O)NC(CO)C(O)CCCCC. The molecule has 0 fully saturated rings. The summed E-state index contributed by atoms with van der Waals surface area (Å²) in [5.74, 6) is -0.0563. The molecule has 0 heterocycles. The quantitative estimate of drug-likeness (QED) is 0.0446. The van der Waals surface area contributed by atoms with Crippen LogP contribution in [0.4, 0.5) is 0 Å². The van der Waals surface area contributed by atoms with Crippen molar-refractivity contribution in [3.8, 4) is 0 Å². The summed E-state index contributed by atoms with van der Waals surface area (Å²) in [6, 6.07) is -0.541. The fraction of sp³-hybridized carbons (Fsp3) is 0.604. The molecule has 0 aromatic heterocycles. The van der Waals surface area contributed by atoms with E-state index in [9.17, 15) is 15.0 Å². The van der Waals surface area contributed by atoms with E-state index in [1.807, 2.05) is 0 Å². The maximum atomic E-state index is 12.2. The Morgan fingerprint density at radius 3 is 1.23 bits per heavy atom. The predicted octanol–water partition coefficient (Wildman–Crippen LogP) is 13.2. The van der Waals surface area contributed by atoms with Gasteiger partial charge in [-0.3, -0.25) is 4.79 Å². The van der Waals surface area contributed by atoms with Gasteiger partial charge in [0.05, 0.1) is 18.8 Å². The van der Waals surface area contributed by atoms with Gasteiger partial charge in [-0.05, 0) is 83.5 Å². The number of carbonyl (C=O) groups is 1. The van der Waals surface area contributed by atoms with Crippen LogP contribution in [0.2, 0.25) is 0 Å². The molecule has 294 valence electrons. The molecule has 0 aromatic rings. The van der Waals surface area contributed by atoms with Gasteiger partial charge in [-0.15, -0.1) is 0 Å². The van der Waals surface area contributed by atoms with Crippen LogP contribution in [0.15, 0.2) is 109 Å². The minimum Gasteiger partial charge on any atom is -0.394 e. The first-order valence-electron chi connectivity index (χ1n) is 21.1. The Morgan fingerprint density at radius 1 is 0.481 bits per heavy atom. The van der Waals surface area contributed by atoms with E-state index in [1.54, 1.807) is 0 Å². The van der Waals surface area contributed by atoms with Crippen LogP contribution in [-0.2, 0) is 4.79 Å². The molecule has 0 saturated heterocycles. The first-order chi connectivity index (χ1) is 25.7. The standard InChI is InChI=1S/C48H79NO3/c1-3-5-7-8-9-10-11-12-13-14-15-16-17-18-19-20-21-22-23-24-25-26-27-28-29-30-31-32-33-34-35-36-37-38-39-40-42-44-48(52)49-46(45-50)47(51)43-41-6-4-2/h5,7,9-10,12-13,15-16,18-19,21-22,24-25,27-28,30-31,46-47,50-51H,3-4,6,8,11,14,17,20,23,26,29,32-45H2,1-2H3,(H,49,52)/b7-5-,10-9-,13-12-,16-15-,19-18-,22-21-,25-24-,28-27-,31-30-. The molecule has 0 aliphatic rings. The number of rotatable bonds is 36. The molecular weight excluding hydrogens is 639 g/mol. The van der Waals surface area contributed by atoms with Crippen LogP contribution >= 0.6 is 0 Å². The Balaban J connectivity index is 3.57. The lowest BCUT2D eigenvalue weighted by atomic mass is 10.0. The minimum atomic E-state index is -0.664.